The lowest BCUT2D eigenvalue weighted by atomic mass is 10.2. The molecular weight excluding hydrogens is 356 g/mol. The number of aromatic amines is 1. The van der Waals surface area contributed by atoms with Crippen molar-refractivity contribution < 1.29 is 17.9 Å². The van der Waals surface area contributed by atoms with E-state index in [0.717, 1.165) is 5.69 Å². The number of anilines is 1. The van der Waals surface area contributed by atoms with Crippen molar-refractivity contribution in [2.45, 2.75) is 37.9 Å². The summed E-state index contributed by atoms with van der Waals surface area (Å²) < 4.78 is 32.6. The van der Waals surface area contributed by atoms with E-state index in [2.05, 4.69) is 15.5 Å². The monoisotopic (exact) mass is 378 g/mol. The minimum atomic E-state index is -3.62. The highest BCUT2D eigenvalue weighted by Gasteiger charge is 2.32. The van der Waals surface area contributed by atoms with Crippen LogP contribution in [0.3, 0.4) is 0 Å². The largest absolute Gasteiger partial charge is 0.373 e. The van der Waals surface area contributed by atoms with Gasteiger partial charge in [0.1, 0.15) is 0 Å². The molecule has 1 saturated heterocycles. The summed E-state index contributed by atoms with van der Waals surface area (Å²) in [5, 5.41) is 9.33. The lowest BCUT2D eigenvalue weighted by molar-refractivity contribution is -0.0440. The van der Waals surface area contributed by atoms with Crippen molar-refractivity contribution >= 4 is 21.7 Å². The minimum absolute atomic E-state index is 0.157. The van der Waals surface area contributed by atoms with Crippen LogP contribution in [0.4, 0.5) is 5.82 Å². The predicted molar refractivity (Wildman–Crippen MR) is 96.5 cm³/mol. The number of carbonyl (C=O) groups is 1. The number of benzene rings is 1. The molecule has 9 heteroatoms. The van der Waals surface area contributed by atoms with Crippen molar-refractivity contribution in [2.75, 3.05) is 18.4 Å². The van der Waals surface area contributed by atoms with Gasteiger partial charge in [-0.15, -0.1) is 0 Å². The van der Waals surface area contributed by atoms with Gasteiger partial charge in [0.05, 0.1) is 17.1 Å². The number of hydrogen-bond acceptors (Lipinski definition) is 5. The van der Waals surface area contributed by atoms with E-state index in [4.69, 9.17) is 4.74 Å². The molecule has 1 aliphatic rings. The van der Waals surface area contributed by atoms with Crippen LogP contribution in [0.5, 0.6) is 0 Å². The van der Waals surface area contributed by atoms with Crippen LogP contribution in [-0.2, 0) is 14.8 Å². The zero-order valence-corrected chi connectivity index (χ0v) is 15.7. The van der Waals surface area contributed by atoms with Crippen LogP contribution < -0.4 is 5.32 Å². The SMILES string of the molecule is Cc1cc(NC(=O)c2ccc(S(=O)(=O)N3CC(C)OC(C)C3)cc2)n[nH]1. The van der Waals surface area contributed by atoms with Crippen molar-refractivity contribution in [3.8, 4) is 0 Å². The van der Waals surface area contributed by atoms with Crippen LogP contribution >= 0.6 is 0 Å². The van der Waals surface area contributed by atoms with E-state index < -0.39 is 10.0 Å². The molecule has 2 aromatic rings. The Morgan fingerprint density at radius 3 is 2.38 bits per heavy atom. The smallest absolute Gasteiger partial charge is 0.256 e. The fourth-order valence-corrected chi connectivity index (χ4v) is 4.52. The molecule has 2 N–H and O–H groups in total. The van der Waals surface area contributed by atoms with E-state index in [1.54, 1.807) is 6.07 Å². The number of morpholine rings is 1. The van der Waals surface area contributed by atoms with Crippen molar-refractivity contribution in [2.24, 2.45) is 0 Å². The van der Waals surface area contributed by atoms with Gasteiger partial charge in [-0.1, -0.05) is 0 Å². The maximum absolute atomic E-state index is 12.8. The topological polar surface area (TPSA) is 104 Å². The highest BCUT2D eigenvalue weighted by molar-refractivity contribution is 7.89. The Morgan fingerprint density at radius 2 is 1.85 bits per heavy atom. The van der Waals surface area contributed by atoms with Crippen LogP contribution in [-0.4, -0.2) is 54.1 Å². The molecule has 1 aliphatic heterocycles. The maximum Gasteiger partial charge on any atom is 0.256 e. The Hall–Kier alpha value is -2.23. The van der Waals surface area contributed by atoms with Gasteiger partial charge in [-0.3, -0.25) is 9.89 Å². The molecule has 1 amide bonds. The number of amides is 1. The molecule has 140 valence electrons. The number of H-pyrrole nitrogens is 1. The summed E-state index contributed by atoms with van der Waals surface area (Å²) in [6.07, 6.45) is -0.313. The number of ether oxygens (including phenoxy) is 1. The van der Waals surface area contributed by atoms with Crippen LogP contribution in [0, 0.1) is 6.92 Å². The molecule has 0 spiro atoms. The first-order valence-electron chi connectivity index (χ1n) is 8.35. The molecule has 2 atom stereocenters. The molecule has 0 radical (unpaired) electrons. The third-order valence-corrected chi connectivity index (χ3v) is 5.93. The molecule has 0 saturated carbocycles. The second-order valence-electron chi connectivity index (χ2n) is 6.49. The number of hydrogen-bond donors (Lipinski definition) is 2. The fourth-order valence-electron chi connectivity index (χ4n) is 2.92. The van der Waals surface area contributed by atoms with Gasteiger partial charge in [0.2, 0.25) is 10.0 Å². The van der Waals surface area contributed by atoms with Crippen molar-refractivity contribution in [1.29, 1.82) is 0 Å². The summed E-state index contributed by atoms with van der Waals surface area (Å²) in [6.45, 7) is 6.15. The first kappa shape index (κ1) is 18.6. The standard InChI is InChI=1S/C17H22N4O4S/c1-11-8-16(20-19-11)18-17(22)14-4-6-15(7-5-14)26(23,24)21-9-12(2)25-13(3)10-21/h4-8,12-13H,9-10H2,1-3H3,(H2,18,19,20,22). The lowest BCUT2D eigenvalue weighted by Gasteiger charge is -2.34. The van der Waals surface area contributed by atoms with Gasteiger partial charge >= 0.3 is 0 Å². The summed E-state index contributed by atoms with van der Waals surface area (Å²) in [5.74, 6) is 0.0644. The quantitative estimate of drug-likeness (QED) is 0.844. The lowest BCUT2D eigenvalue weighted by Crippen LogP contribution is -2.48. The van der Waals surface area contributed by atoms with Gasteiger partial charge in [-0.2, -0.15) is 9.40 Å². The highest BCUT2D eigenvalue weighted by Crippen LogP contribution is 2.21. The Balaban J connectivity index is 1.75. The Bertz CT molecular complexity index is 882. The van der Waals surface area contributed by atoms with Crippen LogP contribution in [0.2, 0.25) is 0 Å². The average molecular weight is 378 g/mol. The predicted octanol–water partition coefficient (Wildman–Crippen LogP) is 1.77. The molecule has 1 aromatic heterocycles. The molecule has 26 heavy (non-hydrogen) atoms. The number of nitrogens with one attached hydrogen (secondary N) is 2. The minimum Gasteiger partial charge on any atom is -0.373 e. The Kier molecular flexibility index (Phi) is 5.12. The molecule has 3 rings (SSSR count). The molecule has 1 aromatic carbocycles. The third kappa shape index (κ3) is 3.95. The van der Waals surface area contributed by atoms with Gasteiger partial charge in [0.15, 0.2) is 5.82 Å². The maximum atomic E-state index is 12.8. The summed E-state index contributed by atoms with van der Waals surface area (Å²) in [6, 6.07) is 7.59. The van der Waals surface area contributed by atoms with E-state index in [1.165, 1.54) is 28.6 Å². The summed E-state index contributed by atoms with van der Waals surface area (Å²) in [5.41, 5.74) is 1.18. The molecule has 2 unspecified atom stereocenters. The van der Waals surface area contributed by atoms with E-state index in [9.17, 15) is 13.2 Å². The first-order valence-corrected chi connectivity index (χ1v) is 9.79. The summed E-state index contributed by atoms with van der Waals surface area (Å²) >= 11 is 0. The van der Waals surface area contributed by atoms with E-state index in [-0.39, 0.29) is 23.0 Å². The van der Waals surface area contributed by atoms with Gasteiger partial charge < -0.3 is 10.1 Å². The zero-order valence-electron chi connectivity index (χ0n) is 14.9. The van der Waals surface area contributed by atoms with Crippen LogP contribution in [0.1, 0.15) is 29.9 Å². The number of nitrogens with zero attached hydrogens (tertiary/aromatic N) is 2. The number of carbonyl (C=O) groups excluding carboxylic acids is 1. The van der Waals surface area contributed by atoms with Crippen molar-refractivity contribution in [1.82, 2.24) is 14.5 Å². The Labute approximate surface area is 152 Å². The normalized spacial score (nSPS) is 21.5. The van der Waals surface area contributed by atoms with Gasteiger partial charge in [-0.05, 0) is 45.0 Å². The summed E-state index contributed by atoms with van der Waals surface area (Å²) in [7, 11) is -3.62. The molecule has 2 heterocycles. The van der Waals surface area contributed by atoms with E-state index in [1.807, 2.05) is 20.8 Å². The fraction of sp³-hybridized carbons (Fsp3) is 0.412. The molecule has 0 bridgehead atoms. The van der Waals surface area contributed by atoms with Gasteiger partial charge in [-0.25, -0.2) is 8.42 Å². The number of aryl methyl sites for hydroxylation is 1. The van der Waals surface area contributed by atoms with Crippen molar-refractivity contribution in [3.05, 3.63) is 41.6 Å². The van der Waals surface area contributed by atoms with Crippen LogP contribution in [0.15, 0.2) is 35.2 Å². The average Bonchev–Trinajstić information content (AvgIpc) is 2.99. The summed E-state index contributed by atoms with van der Waals surface area (Å²) in [4.78, 5) is 12.4. The first-order chi connectivity index (χ1) is 12.3. The number of sulfonamides is 1. The third-order valence-electron chi connectivity index (χ3n) is 4.09. The van der Waals surface area contributed by atoms with Gasteiger partial charge in [0.25, 0.3) is 5.91 Å². The van der Waals surface area contributed by atoms with Crippen molar-refractivity contribution in [3.63, 3.8) is 0 Å². The highest BCUT2D eigenvalue weighted by atomic mass is 32.2. The Morgan fingerprint density at radius 1 is 1.23 bits per heavy atom. The van der Waals surface area contributed by atoms with Crippen LogP contribution in [0.25, 0.3) is 0 Å². The number of aromatic nitrogens is 2. The zero-order chi connectivity index (χ0) is 18.9. The van der Waals surface area contributed by atoms with E-state index >= 15 is 0 Å². The second-order valence-corrected chi connectivity index (χ2v) is 8.43. The second kappa shape index (κ2) is 7.18. The van der Waals surface area contributed by atoms with E-state index in [0.29, 0.717) is 24.5 Å². The molecule has 1 fully saturated rings. The molecule has 8 nitrogen and oxygen atoms in total. The molecule has 0 aliphatic carbocycles. The van der Waals surface area contributed by atoms with Gasteiger partial charge in [0, 0.05) is 30.4 Å². The molecular formula is C17H22N4O4S. The number of rotatable bonds is 4.